The van der Waals surface area contributed by atoms with Crippen molar-refractivity contribution < 1.29 is 13.6 Å². The zero-order valence-corrected chi connectivity index (χ0v) is 11.0. The molecular formula is C16H12F2N2O. The Hall–Kier alpha value is -2.40. The van der Waals surface area contributed by atoms with Crippen molar-refractivity contribution in [3.8, 4) is 0 Å². The van der Waals surface area contributed by atoms with Crippen LogP contribution < -0.4 is 5.73 Å². The van der Waals surface area contributed by atoms with E-state index in [9.17, 15) is 13.6 Å². The maximum absolute atomic E-state index is 14.0. The summed E-state index contributed by atoms with van der Waals surface area (Å²) in [5.41, 5.74) is 7.24. The summed E-state index contributed by atoms with van der Waals surface area (Å²) in [6.45, 7) is 0. The zero-order valence-electron chi connectivity index (χ0n) is 11.0. The summed E-state index contributed by atoms with van der Waals surface area (Å²) >= 11 is 0. The molecule has 2 N–H and O–H groups in total. The Balaban J connectivity index is 2.25. The molecule has 21 heavy (non-hydrogen) atoms. The number of aliphatic imine (C=N–C) groups is 1. The minimum absolute atomic E-state index is 0.120. The van der Waals surface area contributed by atoms with Crippen LogP contribution in [0.1, 0.15) is 16.7 Å². The van der Waals surface area contributed by atoms with Crippen molar-refractivity contribution >= 4 is 11.5 Å². The maximum Gasteiger partial charge on any atom is 0.176 e. The van der Waals surface area contributed by atoms with Gasteiger partial charge in [0.2, 0.25) is 0 Å². The molecule has 0 fully saturated rings. The number of benzene rings is 2. The van der Waals surface area contributed by atoms with E-state index >= 15 is 0 Å². The summed E-state index contributed by atoms with van der Waals surface area (Å²) in [4.78, 5) is 16.1. The third-order valence-corrected chi connectivity index (χ3v) is 3.42. The molecule has 0 amide bonds. The molecule has 0 aliphatic carbocycles. The number of fused-ring (bicyclic) bond motifs is 1. The van der Waals surface area contributed by atoms with E-state index < -0.39 is 17.8 Å². The van der Waals surface area contributed by atoms with Crippen LogP contribution in [0, 0.1) is 11.6 Å². The second kappa shape index (κ2) is 5.18. The number of nitrogens with two attached hydrogens (primary N) is 1. The Bertz CT molecular complexity index is 756. The number of Topliss-reactive ketones (excluding diaryl/α,β-unsaturated/α-hetero) is 1. The lowest BCUT2D eigenvalue weighted by Crippen LogP contribution is -2.29. The lowest BCUT2D eigenvalue weighted by Gasteiger charge is -2.10. The van der Waals surface area contributed by atoms with Gasteiger partial charge in [-0.25, -0.2) is 8.78 Å². The Kier molecular flexibility index (Phi) is 3.35. The Morgan fingerprint density at radius 1 is 1.14 bits per heavy atom. The van der Waals surface area contributed by atoms with Crippen molar-refractivity contribution in [2.24, 2.45) is 10.7 Å². The second-order valence-corrected chi connectivity index (χ2v) is 4.84. The van der Waals surface area contributed by atoms with Gasteiger partial charge in [-0.05, 0) is 18.2 Å². The fraction of sp³-hybridized carbons (Fsp3) is 0.125. The fourth-order valence-corrected chi connectivity index (χ4v) is 2.39. The van der Waals surface area contributed by atoms with Gasteiger partial charge in [-0.3, -0.25) is 9.79 Å². The predicted molar refractivity (Wildman–Crippen MR) is 75.1 cm³/mol. The van der Waals surface area contributed by atoms with Gasteiger partial charge in [-0.1, -0.05) is 24.3 Å². The van der Waals surface area contributed by atoms with Crippen molar-refractivity contribution in [2.75, 3.05) is 0 Å². The third-order valence-electron chi connectivity index (χ3n) is 3.42. The summed E-state index contributed by atoms with van der Waals surface area (Å²) in [6, 6.07) is 10.3. The number of rotatable bonds is 1. The Morgan fingerprint density at radius 2 is 1.90 bits per heavy atom. The molecule has 1 aliphatic rings. The first-order chi connectivity index (χ1) is 10.1. The van der Waals surface area contributed by atoms with E-state index in [1.54, 1.807) is 12.1 Å². The van der Waals surface area contributed by atoms with E-state index in [1.165, 1.54) is 30.3 Å². The smallest absolute Gasteiger partial charge is 0.176 e. The van der Waals surface area contributed by atoms with E-state index in [0.29, 0.717) is 16.8 Å². The van der Waals surface area contributed by atoms with E-state index in [1.807, 2.05) is 0 Å². The molecular weight excluding hydrogens is 274 g/mol. The van der Waals surface area contributed by atoms with E-state index in [2.05, 4.69) is 4.99 Å². The molecule has 1 atom stereocenters. The fourth-order valence-electron chi connectivity index (χ4n) is 2.39. The molecule has 2 aromatic carbocycles. The van der Waals surface area contributed by atoms with Crippen molar-refractivity contribution in [2.45, 2.75) is 12.6 Å². The van der Waals surface area contributed by atoms with Crippen LogP contribution in [0.3, 0.4) is 0 Å². The lowest BCUT2D eigenvalue weighted by atomic mass is 9.95. The van der Waals surface area contributed by atoms with Crippen molar-refractivity contribution in [1.29, 1.82) is 0 Å². The van der Waals surface area contributed by atoms with Crippen molar-refractivity contribution in [3.63, 3.8) is 0 Å². The van der Waals surface area contributed by atoms with Gasteiger partial charge in [0.05, 0.1) is 5.71 Å². The molecule has 0 aromatic heterocycles. The highest BCUT2D eigenvalue weighted by Gasteiger charge is 2.25. The molecule has 0 saturated carbocycles. The molecule has 106 valence electrons. The number of ketones is 1. The Morgan fingerprint density at radius 3 is 2.67 bits per heavy atom. The number of halogens is 2. The van der Waals surface area contributed by atoms with Crippen LogP contribution in [0.15, 0.2) is 47.5 Å². The molecule has 0 radical (unpaired) electrons. The average Bonchev–Trinajstić information content (AvgIpc) is 2.58. The van der Waals surface area contributed by atoms with E-state index in [-0.39, 0.29) is 17.8 Å². The first-order valence-electron chi connectivity index (χ1n) is 6.46. The molecule has 1 heterocycles. The van der Waals surface area contributed by atoms with Gasteiger partial charge >= 0.3 is 0 Å². The minimum atomic E-state index is -1.07. The van der Waals surface area contributed by atoms with E-state index in [0.717, 1.165) is 0 Å². The van der Waals surface area contributed by atoms with E-state index in [4.69, 9.17) is 5.73 Å². The first-order valence-corrected chi connectivity index (χ1v) is 6.46. The SMILES string of the molecule is NC1N=C(c2cccc(F)c2)c2cccc(F)c2CC1=O. The van der Waals surface area contributed by atoms with Gasteiger partial charge in [0.1, 0.15) is 11.6 Å². The quantitative estimate of drug-likeness (QED) is 0.874. The predicted octanol–water partition coefficient (Wildman–Crippen LogP) is 2.21. The summed E-state index contributed by atoms with van der Waals surface area (Å²) in [6.07, 6.45) is -1.19. The molecule has 5 heteroatoms. The number of hydrogen-bond donors (Lipinski definition) is 1. The van der Waals surface area contributed by atoms with Gasteiger partial charge in [-0.15, -0.1) is 0 Å². The van der Waals surface area contributed by atoms with Crippen LogP contribution in [-0.4, -0.2) is 17.7 Å². The van der Waals surface area contributed by atoms with Crippen molar-refractivity contribution in [3.05, 3.63) is 70.8 Å². The third kappa shape index (κ3) is 2.48. The summed E-state index contributed by atoms with van der Waals surface area (Å²) in [7, 11) is 0. The minimum Gasteiger partial charge on any atom is -0.303 e. The second-order valence-electron chi connectivity index (χ2n) is 4.84. The zero-order chi connectivity index (χ0) is 15.0. The van der Waals surface area contributed by atoms with Gasteiger partial charge in [0.25, 0.3) is 0 Å². The summed E-state index contributed by atoms with van der Waals surface area (Å²) < 4.78 is 27.4. The van der Waals surface area contributed by atoms with Crippen LogP contribution in [0.25, 0.3) is 0 Å². The number of carbonyl (C=O) groups excluding carboxylic acids is 1. The molecule has 1 unspecified atom stereocenters. The van der Waals surface area contributed by atoms with Crippen LogP contribution in [-0.2, 0) is 11.2 Å². The molecule has 0 saturated heterocycles. The topological polar surface area (TPSA) is 55.4 Å². The molecule has 2 aromatic rings. The standard InChI is InChI=1S/C16H12F2N2O/c17-10-4-1-3-9(7-10)15-11-5-2-6-13(18)12(11)8-14(21)16(19)20-15/h1-7,16H,8,19H2. The molecule has 3 rings (SSSR count). The van der Waals surface area contributed by atoms with Gasteiger partial charge in [-0.2, -0.15) is 0 Å². The number of nitrogens with zero attached hydrogens (tertiary/aromatic N) is 1. The largest absolute Gasteiger partial charge is 0.303 e. The molecule has 1 aliphatic heterocycles. The van der Waals surface area contributed by atoms with Crippen molar-refractivity contribution in [1.82, 2.24) is 0 Å². The average molecular weight is 286 g/mol. The highest BCUT2D eigenvalue weighted by atomic mass is 19.1. The first kappa shape index (κ1) is 13.6. The van der Waals surface area contributed by atoms with Crippen LogP contribution >= 0.6 is 0 Å². The van der Waals surface area contributed by atoms with Crippen LogP contribution in [0.4, 0.5) is 8.78 Å². The molecule has 0 bridgehead atoms. The molecule has 0 spiro atoms. The maximum atomic E-state index is 14.0. The van der Waals surface area contributed by atoms with Crippen LogP contribution in [0.5, 0.6) is 0 Å². The van der Waals surface area contributed by atoms with Gasteiger partial charge in [0, 0.05) is 23.1 Å². The lowest BCUT2D eigenvalue weighted by molar-refractivity contribution is -0.119. The monoisotopic (exact) mass is 286 g/mol. The highest BCUT2D eigenvalue weighted by molar-refractivity contribution is 6.16. The Labute approximate surface area is 120 Å². The summed E-state index contributed by atoms with van der Waals surface area (Å²) in [5.74, 6) is -1.29. The number of hydrogen-bond acceptors (Lipinski definition) is 3. The van der Waals surface area contributed by atoms with Crippen LogP contribution in [0.2, 0.25) is 0 Å². The normalized spacial score (nSPS) is 18.0. The molecule has 3 nitrogen and oxygen atoms in total. The van der Waals surface area contributed by atoms with Gasteiger partial charge < -0.3 is 5.73 Å². The highest BCUT2D eigenvalue weighted by Crippen LogP contribution is 2.23. The number of carbonyl (C=O) groups is 1. The summed E-state index contributed by atoms with van der Waals surface area (Å²) in [5, 5.41) is 0. The van der Waals surface area contributed by atoms with Gasteiger partial charge in [0.15, 0.2) is 11.9 Å².